The Bertz CT molecular complexity index is 1010. The van der Waals surface area contributed by atoms with Crippen LogP contribution in [0.15, 0.2) is 48.9 Å². The van der Waals surface area contributed by atoms with Crippen molar-refractivity contribution in [2.75, 3.05) is 22.9 Å². The van der Waals surface area contributed by atoms with Crippen LogP contribution in [0.25, 0.3) is 11.1 Å². The van der Waals surface area contributed by atoms with E-state index in [1.807, 2.05) is 0 Å². The molecule has 0 saturated heterocycles. The van der Waals surface area contributed by atoms with Gasteiger partial charge in [-0.05, 0) is 29.8 Å². The number of carbonyl (C=O) groups excluding carboxylic acids is 1. The van der Waals surface area contributed by atoms with Crippen LogP contribution in [-0.2, 0) is 0 Å². The number of nitrogens with two attached hydrogens (primary N) is 1. The Morgan fingerprint density at radius 1 is 1.00 bits per heavy atom. The predicted molar refractivity (Wildman–Crippen MR) is 98.6 cm³/mol. The molecule has 7 nitrogen and oxygen atoms in total. The highest BCUT2D eigenvalue weighted by molar-refractivity contribution is 6.04. The summed E-state index contributed by atoms with van der Waals surface area (Å²) in [7, 11) is 0. The Morgan fingerprint density at radius 3 is 2.38 bits per heavy atom. The molecule has 2 heterocycles. The van der Waals surface area contributed by atoms with Crippen molar-refractivity contribution >= 4 is 23.1 Å². The zero-order valence-electron chi connectivity index (χ0n) is 14.7. The smallest absolute Gasteiger partial charge is 0.397 e. The number of hydrogen-bond acceptors (Lipinski definition) is 6. The third kappa shape index (κ3) is 5.37. The minimum Gasteiger partial charge on any atom is -0.397 e. The normalized spacial score (nSPS) is 11.2. The molecular formula is C18H14F4N6O. The molecule has 3 aromatic rings. The van der Waals surface area contributed by atoms with Gasteiger partial charge in [0, 0.05) is 11.8 Å². The van der Waals surface area contributed by atoms with E-state index in [1.54, 1.807) is 18.2 Å². The molecule has 0 atom stereocenters. The maximum atomic E-state index is 13.0. The zero-order chi connectivity index (χ0) is 21.0. The van der Waals surface area contributed by atoms with Crippen LogP contribution in [0.1, 0.15) is 10.5 Å². The van der Waals surface area contributed by atoms with Gasteiger partial charge in [0.1, 0.15) is 18.1 Å². The van der Waals surface area contributed by atoms with Crippen molar-refractivity contribution in [2.24, 2.45) is 0 Å². The van der Waals surface area contributed by atoms with Gasteiger partial charge in [-0.3, -0.25) is 4.79 Å². The average molecular weight is 406 g/mol. The van der Waals surface area contributed by atoms with Gasteiger partial charge in [-0.1, -0.05) is 6.07 Å². The van der Waals surface area contributed by atoms with Crippen LogP contribution < -0.4 is 16.4 Å². The Hall–Kier alpha value is -3.76. The molecule has 3 rings (SSSR count). The summed E-state index contributed by atoms with van der Waals surface area (Å²) in [5.74, 6) is -1.39. The lowest BCUT2D eigenvalue weighted by molar-refractivity contribution is -0.115. The van der Waals surface area contributed by atoms with E-state index in [4.69, 9.17) is 5.73 Å². The highest BCUT2D eigenvalue weighted by Crippen LogP contribution is 2.27. The molecule has 0 radical (unpaired) electrons. The average Bonchev–Trinajstić information content (AvgIpc) is 2.68. The fourth-order valence-electron chi connectivity index (χ4n) is 2.30. The molecule has 0 aliphatic carbocycles. The number of anilines is 3. The largest absolute Gasteiger partial charge is 0.405 e. The molecule has 1 aromatic carbocycles. The Kier molecular flexibility index (Phi) is 5.57. The maximum Gasteiger partial charge on any atom is 0.405 e. The van der Waals surface area contributed by atoms with Gasteiger partial charge in [0.05, 0.1) is 23.8 Å². The minimum absolute atomic E-state index is 0.115. The molecule has 0 fully saturated rings. The second kappa shape index (κ2) is 8.09. The van der Waals surface area contributed by atoms with E-state index in [9.17, 15) is 22.4 Å². The molecule has 11 heteroatoms. The summed E-state index contributed by atoms with van der Waals surface area (Å²) in [6.45, 7) is -1.27. The quantitative estimate of drug-likeness (QED) is 0.340. The third-order valence-electron chi connectivity index (χ3n) is 3.72. The van der Waals surface area contributed by atoms with E-state index in [2.05, 4.69) is 25.6 Å². The van der Waals surface area contributed by atoms with Crippen LogP contribution in [-0.4, -0.2) is 33.6 Å². The fourth-order valence-corrected chi connectivity index (χ4v) is 2.30. The molecule has 29 heavy (non-hydrogen) atoms. The van der Waals surface area contributed by atoms with E-state index in [-0.39, 0.29) is 22.9 Å². The SMILES string of the molecule is Nc1ccc(-c2ccc(F)nc2)cc1NC(=O)c1cnc(NCC(F)(F)F)cn1. The summed E-state index contributed by atoms with van der Waals surface area (Å²) in [4.78, 5) is 23.5. The summed E-state index contributed by atoms with van der Waals surface area (Å²) in [6, 6.07) is 7.55. The summed E-state index contributed by atoms with van der Waals surface area (Å²) in [5, 5.41) is 4.62. The van der Waals surface area contributed by atoms with Gasteiger partial charge in [-0.25, -0.2) is 15.0 Å². The van der Waals surface area contributed by atoms with Crippen molar-refractivity contribution in [3.05, 3.63) is 60.6 Å². The number of benzene rings is 1. The Balaban J connectivity index is 1.73. The number of nitrogen functional groups attached to an aromatic ring is 1. The number of pyridine rings is 1. The first-order chi connectivity index (χ1) is 13.7. The summed E-state index contributed by atoms with van der Waals surface area (Å²) < 4.78 is 49.6. The van der Waals surface area contributed by atoms with Crippen molar-refractivity contribution in [1.82, 2.24) is 15.0 Å². The van der Waals surface area contributed by atoms with Crippen LogP contribution in [0.2, 0.25) is 0 Å². The molecule has 0 bridgehead atoms. The fraction of sp³-hybridized carbons (Fsp3) is 0.111. The monoisotopic (exact) mass is 406 g/mol. The topological polar surface area (TPSA) is 106 Å². The molecule has 1 amide bonds. The first kappa shape index (κ1) is 20.0. The van der Waals surface area contributed by atoms with Crippen molar-refractivity contribution in [2.45, 2.75) is 6.18 Å². The molecular weight excluding hydrogens is 392 g/mol. The van der Waals surface area contributed by atoms with Crippen LogP contribution in [0.5, 0.6) is 0 Å². The number of carbonyl (C=O) groups is 1. The highest BCUT2D eigenvalue weighted by Gasteiger charge is 2.26. The lowest BCUT2D eigenvalue weighted by atomic mass is 10.1. The Labute approximate surface area is 162 Å². The number of aromatic nitrogens is 3. The molecule has 150 valence electrons. The van der Waals surface area contributed by atoms with Crippen molar-refractivity contribution in [3.8, 4) is 11.1 Å². The predicted octanol–water partition coefficient (Wildman–Crippen LogP) is 3.49. The van der Waals surface area contributed by atoms with Gasteiger partial charge in [0.15, 0.2) is 0 Å². The van der Waals surface area contributed by atoms with Gasteiger partial charge in [-0.2, -0.15) is 17.6 Å². The number of nitrogens with one attached hydrogen (secondary N) is 2. The van der Waals surface area contributed by atoms with Gasteiger partial charge in [0.25, 0.3) is 5.91 Å². The zero-order valence-corrected chi connectivity index (χ0v) is 14.7. The molecule has 0 aliphatic rings. The molecule has 0 aliphatic heterocycles. The molecule has 0 spiro atoms. The summed E-state index contributed by atoms with van der Waals surface area (Å²) >= 11 is 0. The molecule has 4 N–H and O–H groups in total. The van der Waals surface area contributed by atoms with E-state index in [1.165, 1.54) is 18.3 Å². The van der Waals surface area contributed by atoms with Gasteiger partial charge in [0.2, 0.25) is 5.95 Å². The number of nitrogens with zero attached hydrogens (tertiary/aromatic N) is 3. The Morgan fingerprint density at radius 2 is 1.76 bits per heavy atom. The van der Waals surface area contributed by atoms with E-state index >= 15 is 0 Å². The van der Waals surface area contributed by atoms with Crippen molar-refractivity contribution in [3.63, 3.8) is 0 Å². The lowest BCUT2D eigenvalue weighted by Crippen LogP contribution is -2.22. The molecule has 0 saturated carbocycles. The number of alkyl halides is 3. The van der Waals surface area contributed by atoms with Crippen molar-refractivity contribution < 1.29 is 22.4 Å². The third-order valence-corrected chi connectivity index (χ3v) is 3.72. The maximum absolute atomic E-state index is 13.0. The second-order valence-corrected chi connectivity index (χ2v) is 5.88. The van der Waals surface area contributed by atoms with Gasteiger partial charge in [-0.15, -0.1) is 0 Å². The molecule has 2 aromatic heterocycles. The first-order valence-corrected chi connectivity index (χ1v) is 8.17. The van der Waals surface area contributed by atoms with E-state index in [0.29, 0.717) is 11.1 Å². The second-order valence-electron chi connectivity index (χ2n) is 5.88. The summed E-state index contributed by atoms with van der Waals surface area (Å²) in [5.41, 5.74) is 7.56. The van der Waals surface area contributed by atoms with Crippen LogP contribution in [0.3, 0.4) is 0 Å². The van der Waals surface area contributed by atoms with Crippen LogP contribution in [0, 0.1) is 5.95 Å². The first-order valence-electron chi connectivity index (χ1n) is 8.17. The number of halogens is 4. The number of amides is 1. The van der Waals surface area contributed by atoms with E-state index in [0.717, 1.165) is 12.4 Å². The van der Waals surface area contributed by atoms with Crippen LogP contribution in [0.4, 0.5) is 34.8 Å². The minimum atomic E-state index is -4.40. The lowest BCUT2D eigenvalue weighted by Gasteiger charge is -2.11. The highest BCUT2D eigenvalue weighted by atomic mass is 19.4. The van der Waals surface area contributed by atoms with E-state index < -0.39 is 24.6 Å². The van der Waals surface area contributed by atoms with Crippen molar-refractivity contribution in [1.29, 1.82) is 0 Å². The number of rotatable bonds is 5. The van der Waals surface area contributed by atoms with Crippen LogP contribution >= 0.6 is 0 Å². The standard InChI is InChI=1S/C18H14F4N6O/c19-15-4-2-11(6-25-15)10-1-3-12(23)13(5-10)28-17(29)14-7-26-16(8-24-14)27-9-18(20,21)22/h1-8H,9,23H2,(H,26,27)(H,28,29). The molecule has 0 unspecified atom stereocenters. The van der Waals surface area contributed by atoms with Gasteiger partial charge < -0.3 is 16.4 Å². The number of hydrogen-bond donors (Lipinski definition) is 3. The summed E-state index contributed by atoms with van der Waals surface area (Å²) in [6.07, 6.45) is -1.01. The van der Waals surface area contributed by atoms with Gasteiger partial charge >= 0.3 is 6.18 Å².